The topological polar surface area (TPSA) is 132 Å². The molecule has 0 atom stereocenters. The van der Waals surface area contributed by atoms with Gasteiger partial charge in [0.15, 0.2) is 0 Å². The second-order valence-corrected chi connectivity index (χ2v) is 4.54. The summed E-state index contributed by atoms with van der Waals surface area (Å²) in [5, 5.41) is 15.9. The van der Waals surface area contributed by atoms with Crippen molar-refractivity contribution in [1.29, 1.82) is 0 Å². The molecule has 114 valence electrons. The first kappa shape index (κ1) is 14.3. The lowest BCUT2D eigenvalue weighted by molar-refractivity contribution is -0.383. The lowest BCUT2D eigenvalue weighted by atomic mass is 10.1. The fourth-order valence-electron chi connectivity index (χ4n) is 2.00. The summed E-state index contributed by atoms with van der Waals surface area (Å²) in [6, 6.07) is 9.37. The third kappa shape index (κ3) is 3.02. The molecule has 0 radical (unpaired) electrons. The summed E-state index contributed by atoms with van der Waals surface area (Å²) >= 11 is 0. The van der Waals surface area contributed by atoms with Gasteiger partial charge in [0.2, 0.25) is 11.6 Å². The maximum atomic E-state index is 11.0. The summed E-state index contributed by atoms with van der Waals surface area (Å²) in [5.41, 5.74) is 9.26. The molecule has 0 fully saturated rings. The van der Waals surface area contributed by atoms with Crippen LogP contribution in [0.3, 0.4) is 0 Å². The fraction of sp³-hybridized carbons (Fsp3) is 0. The molecule has 0 bridgehead atoms. The van der Waals surface area contributed by atoms with E-state index in [0.29, 0.717) is 0 Å². The Balaban J connectivity index is 1.83. The molecule has 9 heteroatoms. The number of nitrogens with two attached hydrogens (primary N) is 1. The molecule has 0 saturated heterocycles. The van der Waals surface area contributed by atoms with Crippen LogP contribution in [0.4, 0.5) is 17.3 Å². The van der Waals surface area contributed by atoms with Crippen molar-refractivity contribution in [3.8, 4) is 0 Å². The summed E-state index contributed by atoms with van der Waals surface area (Å²) in [4.78, 5) is 21.9. The van der Waals surface area contributed by atoms with E-state index in [1.807, 2.05) is 30.3 Å². The highest BCUT2D eigenvalue weighted by Gasteiger charge is 2.20. The van der Waals surface area contributed by atoms with Crippen LogP contribution in [-0.2, 0) is 0 Å². The molecule has 3 rings (SSSR count). The molecule has 0 aliphatic rings. The van der Waals surface area contributed by atoms with E-state index in [2.05, 4.69) is 25.5 Å². The molecule has 1 aromatic carbocycles. The van der Waals surface area contributed by atoms with Crippen LogP contribution >= 0.6 is 0 Å². The van der Waals surface area contributed by atoms with Crippen molar-refractivity contribution in [2.75, 3.05) is 11.2 Å². The monoisotopic (exact) mass is 309 g/mol. The van der Waals surface area contributed by atoms with Gasteiger partial charge in [-0.05, 0) is 23.8 Å². The van der Waals surface area contributed by atoms with Gasteiger partial charge in [0.25, 0.3) is 0 Å². The Hall–Kier alpha value is -3.62. The smallest absolute Gasteiger partial charge is 0.354 e. The van der Waals surface area contributed by atoms with Gasteiger partial charge in [-0.15, -0.1) is 0 Å². The van der Waals surface area contributed by atoms with E-state index in [0.717, 1.165) is 22.8 Å². The largest absolute Gasteiger partial charge is 0.378 e. The Morgan fingerprint density at radius 1 is 1.26 bits per heavy atom. The van der Waals surface area contributed by atoms with Gasteiger partial charge in [0.1, 0.15) is 6.33 Å². The number of hydrogen-bond donors (Lipinski definition) is 2. The second kappa shape index (κ2) is 6.02. The molecular formula is C14H11N7O2. The first-order valence-corrected chi connectivity index (χ1v) is 6.54. The van der Waals surface area contributed by atoms with E-state index in [1.165, 1.54) is 6.21 Å². The maximum Gasteiger partial charge on any atom is 0.354 e. The molecule has 0 aliphatic carbocycles. The number of benzene rings is 1. The average molecular weight is 309 g/mol. The maximum absolute atomic E-state index is 11.0. The Labute approximate surface area is 130 Å². The van der Waals surface area contributed by atoms with E-state index in [9.17, 15) is 10.1 Å². The van der Waals surface area contributed by atoms with Gasteiger partial charge in [-0.2, -0.15) is 5.10 Å². The molecule has 3 N–H and O–H groups in total. The number of nitro groups is 1. The molecule has 0 amide bonds. The number of hydrazone groups is 1. The lowest BCUT2D eigenvalue weighted by Crippen LogP contribution is -2.04. The highest BCUT2D eigenvalue weighted by molar-refractivity contribution is 5.88. The molecule has 0 spiro atoms. The van der Waals surface area contributed by atoms with Gasteiger partial charge in [-0.25, -0.2) is 9.97 Å². The van der Waals surface area contributed by atoms with Crippen LogP contribution in [0.2, 0.25) is 0 Å². The van der Waals surface area contributed by atoms with Crippen molar-refractivity contribution < 1.29 is 4.92 Å². The molecule has 2 heterocycles. The number of rotatable bonds is 4. The van der Waals surface area contributed by atoms with Crippen LogP contribution in [-0.4, -0.2) is 26.1 Å². The highest BCUT2D eigenvalue weighted by atomic mass is 16.6. The quantitative estimate of drug-likeness (QED) is 0.427. The molecule has 2 aromatic heterocycles. The first-order chi connectivity index (χ1) is 11.1. The van der Waals surface area contributed by atoms with Crippen LogP contribution in [0.15, 0.2) is 48.0 Å². The van der Waals surface area contributed by atoms with E-state index in [-0.39, 0.29) is 11.6 Å². The number of nitrogen functional groups attached to an aromatic ring is 1. The summed E-state index contributed by atoms with van der Waals surface area (Å²) in [6.07, 6.45) is 4.37. The van der Waals surface area contributed by atoms with E-state index < -0.39 is 10.6 Å². The predicted molar refractivity (Wildman–Crippen MR) is 86.1 cm³/mol. The summed E-state index contributed by atoms with van der Waals surface area (Å²) in [6.45, 7) is 0. The number of nitrogens with zero attached hydrogens (tertiary/aromatic N) is 5. The Bertz CT molecular complexity index is 911. The van der Waals surface area contributed by atoms with Crippen molar-refractivity contribution >= 4 is 34.4 Å². The van der Waals surface area contributed by atoms with Gasteiger partial charge in [0.05, 0.1) is 16.7 Å². The minimum Gasteiger partial charge on any atom is -0.378 e. The fourth-order valence-corrected chi connectivity index (χ4v) is 2.00. The minimum atomic E-state index is -0.658. The zero-order valence-corrected chi connectivity index (χ0v) is 11.7. The van der Waals surface area contributed by atoms with E-state index in [1.54, 1.807) is 6.20 Å². The molecule has 9 nitrogen and oxygen atoms in total. The van der Waals surface area contributed by atoms with Crippen LogP contribution in [0, 0.1) is 10.1 Å². The average Bonchev–Trinajstić information content (AvgIpc) is 2.54. The Morgan fingerprint density at radius 2 is 2.13 bits per heavy atom. The Kier molecular flexibility index (Phi) is 3.75. The van der Waals surface area contributed by atoms with Crippen molar-refractivity contribution in [2.24, 2.45) is 5.10 Å². The number of aromatic nitrogens is 3. The molecule has 0 unspecified atom stereocenters. The SMILES string of the molecule is Nc1ncnc(N/N=C/c2ccc3ncccc3c2)c1[N+](=O)[O-]. The number of anilines is 2. The van der Waals surface area contributed by atoms with Gasteiger partial charge in [-0.1, -0.05) is 12.1 Å². The summed E-state index contributed by atoms with van der Waals surface area (Å²) in [7, 11) is 0. The minimum absolute atomic E-state index is 0.0683. The van der Waals surface area contributed by atoms with Crippen LogP contribution in [0.5, 0.6) is 0 Å². The normalized spacial score (nSPS) is 11.0. The molecule has 3 aromatic rings. The third-order valence-electron chi connectivity index (χ3n) is 3.04. The van der Waals surface area contributed by atoms with Gasteiger partial charge in [-0.3, -0.25) is 20.5 Å². The van der Waals surface area contributed by atoms with Crippen LogP contribution in [0.1, 0.15) is 5.56 Å². The third-order valence-corrected chi connectivity index (χ3v) is 3.04. The van der Waals surface area contributed by atoms with Gasteiger partial charge in [0, 0.05) is 11.6 Å². The predicted octanol–water partition coefficient (Wildman–Crippen LogP) is 1.96. The van der Waals surface area contributed by atoms with Crippen molar-refractivity contribution in [3.63, 3.8) is 0 Å². The summed E-state index contributed by atoms with van der Waals surface area (Å²) < 4.78 is 0. The van der Waals surface area contributed by atoms with E-state index in [4.69, 9.17) is 5.73 Å². The van der Waals surface area contributed by atoms with Crippen LogP contribution < -0.4 is 11.2 Å². The lowest BCUT2D eigenvalue weighted by Gasteiger charge is -2.02. The second-order valence-electron chi connectivity index (χ2n) is 4.54. The highest BCUT2D eigenvalue weighted by Crippen LogP contribution is 2.26. The van der Waals surface area contributed by atoms with E-state index >= 15 is 0 Å². The van der Waals surface area contributed by atoms with Crippen molar-refractivity contribution in [3.05, 3.63) is 58.5 Å². The molecule has 0 saturated carbocycles. The number of pyridine rings is 1. The number of fused-ring (bicyclic) bond motifs is 1. The van der Waals surface area contributed by atoms with Gasteiger partial charge >= 0.3 is 5.69 Å². The zero-order valence-electron chi connectivity index (χ0n) is 11.7. The number of hydrogen-bond acceptors (Lipinski definition) is 8. The van der Waals surface area contributed by atoms with Crippen molar-refractivity contribution in [1.82, 2.24) is 15.0 Å². The molecule has 23 heavy (non-hydrogen) atoms. The van der Waals surface area contributed by atoms with Crippen molar-refractivity contribution in [2.45, 2.75) is 0 Å². The zero-order chi connectivity index (χ0) is 16.2. The number of nitrogens with one attached hydrogen (secondary N) is 1. The molecular weight excluding hydrogens is 298 g/mol. The molecule has 0 aliphatic heterocycles. The van der Waals surface area contributed by atoms with Crippen LogP contribution in [0.25, 0.3) is 10.9 Å². The van der Waals surface area contributed by atoms with Gasteiger partial charge < -0.3 is 5.73 Å². The first-order valence-electron chi connectivity index (χ1n) is 6.54. The Morgan fingerprint density at radius 3 is 2.96 bits per heavy atom. The summed E-state index contributed by atoms with van der Waals surface area (Å²) in [5.74, 6) is -0.291. The standard InChI is InChI=1S/C14H11N7O2/c15-13-12(21(22)23)14(18-8-17-13)20-19-7-9-3-4-11-10(6-9)2-1-5-16-11/h1-8H,(H3,15,17,18,20)/b19-7+.